The minimum absolute atomic E-state index is 0.121. The second kappa shape index (κ2) is 17.5. The van der Waals surface area contributed by atoms with Crippen LogP contribution in [-0.2, 0) is 6.42 Å². The van der Waals surface area contributed by atoms with Gasteiger partial charge in [0.15, 0.2) is 23.2 Å². The lowest BCUT2D eigenvalue weighted by molar-refractivity contribution is -0.0480. The third kappa shape index (κ3) is 10.7. The predicted molar refractivity (Wildman–Crippen MR) is 166 cm³/mol. The molecule has 5 unspecified atom stereocenters. The van der Waals surface area contributed by atoms with E-state index < -0.39 is 6.10 Å². The molecule has 6 N–H and O–H groups in total. The van der Waals surface area contributed by atoms with Gasteiger partial charge < -0.3 is 30.1 Å². The summed E-state index contributed by atoms with van der Waals surface area (Å²) in [5, 5.41) is 36.5. The number of hydrogen-bond donors (Lipinski definition) is 5. The zero-order valence-electron chi connectivity index (χ0n) is 25.4. The molecular formula is C33H52N3O5+. The zero-order chi connectivity index (χ0) is 29.6. The maximum atomic E-state index is 10.5. The number of aliphatic hydroxyl groups is 4. The number of nitrogens with zero attached hydrogens (tertiary/aromatic N) is 1. The number of rotatable bonds is 20. The quantitative estimate of drug-likeness (QED) is 0.119. The lowest BCUT2D eigenvalue weighted by Crippen LogP contribution is -2.41. The van der Waals surface area contributed by atoms with Crippen molar-refractivity contribution in [3.8, 4) is 11.5 Å². The van der Waals surface area contributed by atoms with Crippen molar-refractivity contribution in [1.82, 2.24) is 10.6 Å². The summed E-state index contributed by atoms with van der Waals surface area (Å²) in [7, 11) is 0. The molecule has 8 nitrogen and oxygen atoms in total. The summed E-state index contributed by atoms with van der Waals surface area (Å²) in [4.78, 5) is 4.71. The van der Waals surface area contributed by atoms with Gasteiger partial charge >= 0.3 is 0 Å². The van der Waals surface area contributed by atoms with E-state index in [4.69, 9.17) is 14.5 Å². The van der Waals surface area contributed by atoms with Crippen molar-refractivity contribution in [2.45, 2.75) is 96.9 Å². The Kier molecular flexibility index (Phi) is 14.1. The van der Waals surface area contributed by atoms with Crippen LogP contribution >= 0.6 is 0 Å². The molecule has 2 aliphatic rings. The first-order valence-electron chi connectivity index (χ1n) is 15.4. The molecule has 0 saturated heterocycles. The monoisotopic (exact) mass is 570 g/mol. The summed E-state index contributed by atoms with van der Waals surface area (Å²) in [5.74, 6) is 1.87. The Morgan fingerprint density at radius 3 is 2.76 bits per heavy atom. The first-order chi connectivity index (χ1) is 19.8. The summed E-state index contributed by atoms with van der Waals surface area (Å²) in [6, 6.07) is 5.57. The molecule has 0 amide bonds. The molecule has 0 radical (unpaired) electrons. The zero-order valence-corrected chi connectivity index (χ0v) is 25.4. The number of aromatic hydroxyl groups is 1. The molecule has 1 aromatic carbocycles. The van der Waals surface area contributed by atoms with Gasteiger partial charge in [-0.2, -0.15) is 0 Å². The molecule has 0 saturated carbocycles. The Bertz CT molecular complexity index is 995. The predicted octanol–water partition coefficient (Wildman–Crippen LogP) is 4.16. The smallest absolute Gasteiger partial charge is 0.196 e. The van der Waals surface area contributed by atoms with Crippen LogP contribution in [0.4, 0.5) is 0 Å². The van der Waals surface area contributed by atoms with E-state index in [2.05, 4.69) is 49.6 Å². The van der Waals surface area contributed by atoms with E-state index in [1.165, 1.54) is 12.8 Å². The van der Waals surface area contributed by atoms with Gasteiger partial charge in [0.05, 0.1) is 18.1 Å². The van der Waals surface area contributed by atoms with E-state index in [0.717, 1.165) is 55.5 Å². The fraction of sp³-hybridized carbons (Fsp3) is 0.606. The van der Waals surface area contributed by atoms with Crippen molar-refractivity contribution in [2.24, 2.45) is 10.9 Å². The highest BCUT2D eigenvalue weighted by Crippen LogP contribution is 2.31. The number of aliphatic hydroxyl groups excluding tert-OH is 2. The first kappa shape index (κ1) is 33.0. The van der Waals surface area contributed by atoms with Crippen molar-refractivity contribution in [3.63, 3.8) is 0 Å². The van der Waals surface area contributed by atoms with Gasteiger partial charge in [-0.1, -0.05) is 26.3 Å². The minimum atomic E-state index is -0.436. The molecule has 3 rings (SSSR count). The van der Waals surface area contributed by atoms with Crippen LogP contribution in [0.3, 0.4) is 0 Å². The molecular weight excluding hydrogens is 518 g/mol. The highest BCUT2D eigenvalue weighted by molar-refractivity contribution is 5.83. The van der Waals surface area contributed by atoms with Crippen LogP contribution in [0.15, 0.2) is 47.1 Å². The molecule has 5 atom stereocenters. The lowest BCUT2D eigenvalue weighted by atomic mass is 9.86. The molecule has 0 aliphatic carbocycles. The number of ether oxygens (including phenoxy) is 2. The topological polar surface area (TPSA) is 119 Å². The number of unbranched alkanes of at least 4 members (excludes halogenated alkanes) is 1. The van der Waals surface area contributed by atoms with E-state index >= 15 is 0 Å². The molecule has 0 fully saturated rings. The molecule has 8 heteroatoms. The van der Waals surface area contributed by atoms with Gasteiger partial charge in [0.1, 0.15) is 30.9 Å². The number of hydrogen-bond acceptors (Lipinski definition) is 7. The van der Waals surface area contributed by atoms with Crippen LogP contribution in [0.5, 0.6) is 11.5 Å². The third-order valence-corrected chi connectivity index (χ3v) is 7.76. The Morgan fingerprint density at radius 2 is 2.02 bits per heavy atom. The van der Waals surface area contributed by atoms with E-state index in [9.17, 15) is 15.3 Å². The SMILES string of the molecule is CCCCC1C=C[C-](CCc2ccc(O)c(OCC(NCC)C3=C[C+](C(C)C(CCCO)NCC(C)O)C=N3)c2)[OH+]1. The normalized spacial score (nSPS) is 19.5. The largest absolute Gasteiger partial charge is 0.504 e. The minimum Gasteiger partial charge on any atom is -0.504 e. The molecule has 41 heavy (non-hydrogen) atoms. The average Bonchev–Trinajstić information content (AvgIpc) is 3.64. The summed E-state index contributed by atoms with van der Waals surface area (Å²) < 4.78 is 11.0. The molecule has 228 valence electrons. The van der Waals surface area contributed by atoms with Gasteiger partial charge in [-0.3, -0.25) is 5.32 Å². The number of aliphatic imine (C=N–C) groups is 1. The Balaban J connectivity index is 1.57. The van der Waals surface area contributed by atoms with Crippen LogP contribution in [0, 0.1) is 17.9 Å². The Hall–Kier alpha value is -2.49. The lowest BCUT2D eigenvalue weighted by Gasteiger charge is -2.24. The van der Waals surface area contributed by atoms with Gasteiger partial charge in [-0.25, -0.2) is 0 Å². The average molecular weight is 571 g/mol. The van der Waals surface area contributed by atoms with Crippen LogP contribution < -0.4 is 15.4 Å². The van der Waals surface area contributed by atoms with Crippen molar-refractivity contribution in [2.75, 3.05) is 26.3 Å². The summed E-state index contributed by atoms with van der Waals surface area (Å²) >= 11 is 0. The molecule has 2 heterocycles. The van der Waals surface area contributed by atoms with Crippen molar-refractivity contribution in [3.05, 3.63) is 59.7 Å². The fourth-order valence-electron chi connectivity index (χ4n) is 5.24. The standard InChI is InChI=1S/C33H51N3O5/c1-5-7-9-27-14-15-28(41-27)13-11-25-12-16-32(39)33(18-25)40-22-31(34-6-2)30-19-26(21-36-30)24(4)29(10-8-17-37)35-20-23(3)38/h12,14-16,18-19,21,23-24,27,29,31,34-35,37-38,41H,5-11,13,17,20,22H2,1-4H3/p+1. The summed E-state index contributed by atoms with van der Waals surface area (Å²) in [6.45, 7) is 9.90. The second-order valence-corrected chi connectivity index (χ2v) is 11.3. The van der Waals surface area contributed by atoms with Gasteiger partial charge in [-0.15, -0.1) is 17.1 Å². The van der Waals surface area contributed by atoms with Gasteiger partial charge in [0.2, 0.25) is 0 Å². The number of phenolic OH excluding ortho intramolecular Hbond substituents is 1. The first-order valence-corrected chi connectivity index (χ1v) is 15.4. The number of benzene rings is 1. The Morgan fingerprint density at radius 1 is 1.20 bits per heavy atom. The van der Waals surface area contributed by atoms with Crippen LogP contribution in [0.2, 0.25) is 0 Å². The molecule has 0 bridgehead atoms. The number of allylic oxidation sites excluding steroid dienone is 1. The van der Waals surface area contributed by atoms with E-state index in [1.807, 2.05) is 18.3 Å². The number of nitrogens with one attached hydrogen (secondary N) is 2. The number of phenols is 1. The van der Waals surface area contributed by atoms with Crippen molar-refractivity contribution >= 4 is 6.21 Å². The van der Waals surface area contributed by atoms with Gasteiger partial charge in [0.25, 0.3) is 0 Å². The fourth-order valence-corrected chi connectivity index (χ4v) is 5.24. The molecule has 0 aromatic heterocycles. The summed E-state index contributed by atoms with van der Waals surface area (Å²) in [5.41, 5.74) is 2.00. The number of aryl methyl sites for hydroxylation is 1. The van der Waals surface area contributed by atoms with Crippen LogP contribution in [0.1, 0.15) is 71.8 Å². The second-order valence-electron chi connectivity index (χ2n) is 11.3. The van der Waals surface area contributed by atoms with E-state index in [0.29, 0.717) is 31.4 Å². The van der Waals surface area contributed by atoms with E-state index in [1.54, 1.807) is 13.0 Å². The summed E-state index contributed by atoms with van der Waals surface area (Å²) in [6.07, 6.45) is 16.1. The van der Waals surface area contributed by atoms with E-state index in [-0.39, 0.29) is 30.4 Å². The highest BCUT2D eigenvalue weighted by Gasteiger charge is 2.36. The molecule has 0 spiro atoms. The van der Waals surface area contributed by atoms with Gasteiger partial charge in [-0.05, 0) is 70.2 Å². The van der Waals surface area contributed by atoms with Crippen molar-refractivity contribution in [1.29, 1.82) is 0 Å². The van der Waals surface area contributed by atoms with Gasteiger partial charge in [0, 0.05) is 25.6 Å². The highest BCUT2D eigenvalue weighted by atomic mass is 16.5. The molecule has 1 aromatic rings. The maximum absolute atomic E-state index is 10.5. The Labute approximate surface area is 246 Å². The molecule has 2 aliphatic heterocycles. The van der Waals surface area contributed by atoms with Crippen LogP contribution in [0.25, 0.3) is 0 Å². The van der Waals surface area contributed by atoms with Crippen molar-refractivity contribution < 1.29 is 24.8 Å². The number of likely N-dealkylation sites (N-methyl/N-ethyl adjacent to an activating group) is 1. The van der Waals surface area contributed by atoms with Crippen LogP contribution in [-0.4, -0.2) is 76.9 Å². The maximum Gasteiger partial charge on any atom is 0.196 e. The third-order valence-electron chi connectivity index (χ3n) is 7.76.